The monoisotopic (exact) mass is 129 g/mol. The van der Waals surface area contributed by atoms with E-state index < -0.39 is 0 Å². The first-order valence-corrected chi connectivity index (χ1v) is 3.44. The van der Waals surface area contributed by atoms with Crippen LogP contribution >= 0.6 is 11.3 Å². The number of hydrogen-bond donors (Lipinski definition) is 0. The largest absolute Gasteiger partial charge is 0.249 e. The Kier molecular flexibility index (Phi) is 1.28. The fourth-order valence-corrected chi connectivity index (χ4v) is 1.04. The van der Waals surface area contributed by atoms with E-state index in [9.17, 15) is 0 Å². The molecule has 1 rings (SSSR count). The molecule has 0 aromatic carbocycles. The lowest BCUT2D eigenvalue weighted by Gasteiger charge is -1.93. The molecule has 0 spiro atoms. The van der Waals surface area contributed by atoms with Crippen LogP contribution in [0.5, 0.6) is 0 Å². The van der Waals surface area contributed by atoms with Crippen molar-refractivity contribution >= 4 is 11.3 Å². The summed E-state index contributed by atoms with van der Waals surface area (Å²) < 4.78 is 7.17. The molecule has 0 atom stereocenters. The van der Waals surface area contributed by atoms with Crippen LogP contribution in [0, 0.1) is 0 Å². The van der Waals surface area contributed by atoms with Crippen molar-refractivity contribution in [3.63, 3.8) is 0 Å². The minimum Gasteiger partial charge on any atom is -0.249 e. The fourth-order valence-electron chi connectivity index (χ4n) is 0.470. The van der Waals surface area contributed by atoms with Gasteiger partial charge in [0.2, 0.25) is 0 Å². The minimum absolute atomic E-state index is 0.467. The molecule has 0 amide bonds. The summed E-state index contributed by atoms with van der Waals surface area (Å²) in [6.07, 6.45) is 1.60. The van der Waals surface area contributed by atoms with Crippen LogP contribution in [0.4, 0.5) is 0 Å². The van der Waals surface area contributed by atoms with Crippen molar-refractivity contribution in [3.8, 4) is 0 Å². The number of nitrogens with zero attached hydrogens (tertiary/aromatic N) is 1. The minimum atomic E-state index is 0.467. The van der Waals surface area contributed by atoms with Crippen LogP contribution in [0.25, 0.3) is 0 Å². The molecule has 0 saturated carbocycles. The summed E-state index contributed by atoms with van der Waals surface area (Å²) in [7, 11) is 0. The Bertz CT molecular complexity index is 195. The number of rotatable bonds is 1. The van der Waals surface area contributed by atoms with Gasteiger partial charge in [0.15, 0.2) is 0 Å². The van der Waals surface area contributed by atoms with Crippen molar-refractivity contribution in [2.24, 2.45) is 0 Å². The molecular weight excluding hydrogens is 118 g/mol. The summed E-state index contributed by atoms with van der Waals surface area (Å²) in [5.74, 6) is 0.467. The maximum absolute atomic E-state index is 7.17. The van der Waals surface area contributed by atoms with Crippen LogP contribution in [0.15, 0.2) is 11.6 Å². The van der Waals surface area contributed by atoms with E-state index in [0.717, 1.165) is 5.01 Å². The van der Waals surface area contributed by atoms with Crippen LogP contribution in [0.1, 0.15) is 26.1 Å². The van der Waals surface area contributed by atoms with Gasteiger partial charge >= 0.3 is 0 Å². The topological polar surface area (TPSA) is 12.9 Å². The van der Waals surface area contributed by atoms with Crippen molar-refractivity contribution in [2.45, 2.75) is 19.8 Å². The summed E-state index contributed by atoms with van der Waals surface area (Å²) in [5, 5.41) is 1.61. The molecular formula is C6H9NS. The molecule has 0 saturated heterocycles. The summed E-state index contributed by atoms with van der Waals surface area (Å²) in [6, 6.07) is 0. The second kappa shape index (κ2) is 2.27. The maximum atomic E-state index is 7.17. The molecule has 0 N–H and O–H groups in total. The van der Waals surface area contributed by atoms with Gasteiger partial charge in [0.1, 0.15) is 0 Å². The highest BCUT2D eigenvalue weighted by Gasteiger charge is 1.97. The Morgan fingerprint density at radius 3 is 2.88 bits per heavy atom. The standard InChI is InChI=1S/C6H9NS/c1-5(2)6-7-3-4-8-6/h3-5H,1-2H3/i4T. The van der Waals surface area contributed by atoms with Gasteiger partial charge < -0.3 is 0 Å². The summed E-state index contributed by atoms with van der Waals surface area (Å²) in [4.78, 5) is 4.05. The molecule has 1 nitrogen and oxygen atoms in total. The third kappa shape index (κ3) is 1.07. The molecule has 2 heteroatoms. The molecule has 1 aromatic heterocycles. The molecule has 0 fully saturated rings. The average molecular weight is 129 g/mol. The summed E-state index contributed by atoms with van der Waals surface area (Å²) in [5.41, 5.74) is 0. The summed E-state index contributed by atoms with van der Waals surface area (Å²) in [6.45, 7) is 4.16. The quantitative estimate of drug-likeness (QED) is 0.566. The van der Waals surface area contributed by atoms with Crippen molar-refractivity contribution < 1.29 is 1.37 Å². The van der Waals surface area contributed by atoms with Crippen LogP contribution in [0.2, 0.25) is 0 Å². The Labute approximate surface area is 54.8 Å². The van der Waals surface area contributed by atoms with E-state index in [1.54, 1.807) is 6.20 Å². The van der Waals surface area contributed by atoms with E-state index in [0.29, 0.717) is 11.3 Å². The Hall–Kier alpha value is -0.370. The van der Waals surface area contributed by atoms with E-state index >= 15 is 0 Å². The van der Waals surface area contributed by atoms with E-state index in [2.05, 4.69) is 18.8 Å². The second-order valence-corrected chi connectivity index (χ2v) is 2.83. The molecule has 1 heterocycles. The van der Waals surface area contributed by atoms with Gasteiger partial charge in [0.25, 0.3) is 0 Å². The van der Waals surface area contributed by atoms with Crippen LogP contribution < -0.4 is 0 Å². The van der Waals surface area contributed by atoms with Crippen molar-refractivity contribution in [3.05, 3.63) is 16.6 Å². The molecule has 0 aliphatic heterocycles. The lowest BCUT2D eigenvalue weighted by atomic mass is 10.2. The molecule has 0 radical (unpaired) electrons. The van der Waals surface area contributed by atoms with Crippen molar-refractivity contribution in [2.75, 3.05) is 0 Å². The zero-order chi connectivity index (χ0) is 6.85. The lowest BCUT2D eigenvalue weighted by Crippen LogP contribution is -1.81. The molecule has 8 heavy (non-hydrogen) atoms. The number of aromatic nitrogens is 1. The molecule has 0 unspecified atom stereocenters. The van der Waals surface area contributed by atoms with Crippen LogP contribution in [0.3, 0.4) is 0 Å². The zero-order valence-electron chi connectivity index (χ0n) is 6.01. The van der Waals surface area contributed by atoms with E-state index in [-0.39, 0.29) is 0 Å². The van der Waals surface area contributed by atoms with Crippen molar-refractivity contribution in [1.29, 1.82) is 0 Å². The number of hydrogen-bond acceptors (Lipinski definition) is 2. The van der Waals surface area contributed by atoms with E-state index in [1.165, 1.54) is 11.3 Å². The zero-order valence-corrected chi connectivity index (χ0v) is 5.83. The van der Waals surface area contributed by atoms with Gasteiger partial charge in [-0.25, -0.2) is 4.98 Å². The normalized spacial score (nSPS) is 12.1. The van der Waals surface area contributed by atoms with Gasteiger partial charge in [-0.15, -0.1) is 11.3 Å². The predicted molar refractivity (Wildman–Crippen MR) is 36.2 cm³/mol. The average Bonchev–Trinajstić information content (AvgIpc) is 2.14. The molecule has 0 aliphatic rings. The highest BCUT2D eigenvalue weighted by molar-refractivity contribution is 7.09. The van der Waals surface area contributed by atoms with Gasteiger partial charge in [-0.2, -0.15) is 0 Å². The highest BCUT2D eigenvalue weighted by Crippen LogP contribution is 2.15. The van der Waals surface area contributed by atoms with Crippen molar-refractivity contribution in [1.82, 2.24) is 4.98 Å². The third-order valence-corrected chi connectivity index (χ3v) is 1.91. The van der Waals surface area contributed by atoms with Gasteiger partial charge in [-0.3, -0.25) is 0 Å². The Morgan fingerprint density at radius 1 is 1.88 bits per heavy atom. The number of thiazole rings is 1. The first-order valence-electron chi connectivity index (χ1n) is 3.12. The van der Waals surface area contributed by atoms with E-state index in [1.807, 2.05) is 0 Å². The van der Waals surface area contributed by atoms with Crippen LogP contribution in [-0.2, 0) is 0 Å². The van der Waals surface area contributed by atoms with Gasteiger partial charge in [-0.05, 0) is 0 Å². The fraction of sp³-hybridized carbons (Fsp3) is 0.500. The Balaban J connectivity index is 2.85. The molecule has 0 aliphatic carbocycles. The second-order valence-electron chi connectivity index (χ2n) is 1.97. The van der Waals surface area contributed by atoms with Gasteiger partial charge in [-0.1, -0.05) is 13.8 Å². The van der Waals surface area contributed by atoms with Gasteiger partial charge in [0.05, 0.1) is 6.38 Å². The lowest BCUT2D eigenvalue weighted by molar-refractivity contribution is 0.852. The molecule has 1 aromatic rings. The summed E-state index contributed by atoms with van der Waals surface area (Å²) >= 11 is 1.45. The van der Waals surface area contributed by atoms with Crippen LogP contribution in [-0.4, -0.2) is 4.98 Å². The third-order valence-electron chi connectivity index (χ3n) is 0.902. The predicted octanol–water partition coefficient (Wildman–Crippen LogP) is 2.27. The Morgan fingerprint density at radius 2 is 2.62 bits per heavy atom. The first-order chi connectivity index (χ1) is 4.20. The smallest absolute Gasteiger partial charge is 0.0950 e. The van der Waals surface area contributed by atoms with Gasteiger partial charge in [0, 0.05) is 17.5 Å². The van der Waals surface area contributed by atoms with E-state index in [4.69, 9.17) is 1.37 Å². The molecule has 0 bridgehead atoms. The SMILES string of the molecule is [3H]c1cnc(C(C)C)s1. The first kappa shape index (κ1) is 4.50. The maximum Gasteiger partial charge on any atom is 0.0950 e. The highest BCUT2D eigenvalue weighted by atomic mass is 32.1. The molecule has 44 valence electrons.